The van der Waals surface area contributed by atoms with E-state index >= 15 is 0 Å². The Morgan fingerprint density at radius 2 is 2.00 bits per heavy atom. The number of aromatic nitrogens is 1. The normalized spacial score (nSPS) is 10.7. The van der Waals surface area contributed by atoms with Gasteiger partial charge >= 0.3 is 0 Å². The Balaban J connectivity index is 2.25. The van der Waals surface area contributed by atoms with E-state index in [2.05, 4.69) is 29.5 Å². The number of nitrogens with one attached hydrogen (secondary N) is 2. The van der Waals surface area contributed by atoms with Gasteiger partial charge in [-0.05, 0) is 25.3 Å². The molecule has 0 unspecified atom stereocenters. The first-order chi connectivity index (χ1) is 10.1. The molecule has 1 aromatic rings. The molecular formula is C17H29N3O. The molecule has 4 nitrogen and oxygen atoms in total. The van der Waals surface area contributed by atoms with Crippen molar-refractivity contribution in [3.05, 3.63) is 24.0 Å². The minimum atomic E-state index is -0.0405. The number of anilines is 1. The van der Waals surface area contributed by atoms with Gasteiger partial charge in [0.15, 0.2) is 0 Å². The van der Waals surface area contributed by atoms with Gasteiger partial charge in [0.1, 0.15) is 0 Å². The van der Waals surface area contributed by atoms with Crippen LogP contribution in [0.2, 0.25) is 0 Å². The summed E-state index contributed by atoms with van der Waals surface area (Å²) < 4.78 is 0. The predicted octanol–water partition coefficient (Wildman–Crippen LogP) is 3.85. The molecule has 0 aliphatic carbocycles. The molecule has 0 atom stereocenters. The van der Waals surface area contributed by atoms with Gasteiger partial charge in [-0.2, -0.15) is 0 Å². The first-order valence-electron chi connectivity index (χ1n) is 8.11. The highest BCUT2D eigenvalue weighted by Gasteiger charge is 2.10. The van der Waals surface area contributed by atoms with Gasteiger partial charge in [0.25, 0.3) is 5.91 Å². The van der Waals surface area contributed by atoms with E-state index in [1.54, 1.807) is 12.4 Å². The zero-order chi connectivity index (χ0) is 15.5. The van der Waals surface area contributed by atoms with Crippen LogP contribution in [0.15, 0.2) is 18.5 Å². The number of rotatable bonds is 10. The van der Waals surface area contributed by atoms with Crippen molar-refractivity contribution in [2.75, 3.05) is 18.4 Å². The van der Waals surface area contributed by atoms with E-state index in [1.165, 1.54) is 25.7 Å². The molecule has 0 bridgehead atoms. The zero-order valence-electron chi connectivity index (χ0n) is 13.6. The topological polar surface area (TPSA) is 54.0 Å². The van der Waals surface area contributed by atoms with Crippen molar-refractivity contribution in [3.8, 4) is 0 Å². The molecule has 1 aromatic heterocycles. The standard InChI is InChI=1S/C17H29N3O/c1-4-19-16-10-12-18-13-15(16)17(21)20-11-8-6-5-7-9-14(2)3/h10,12-14H,4-9,11H2,1-3H3,(H,18,19)(H,20,21). The van der Waals surface area contributed by atoms with Gasteiger partial charge in [-0.15, -0.1) is 0 Å². The Hall–Kier alpha value is -1.58. The summed E-state index contributed by atoms with van der Waals surface area (Å²) in [6.45, 7) is 8.06. The number of pyridine rings is 1. The summed E-state index contributed by atoms with van der Waals surface area (Å²) in [5.41, 5.74) is 1.47. The lowest BCUT2D eigenvalue weighted by atomic mass is 10.0. The smallest absolute Gasteiger partial charge is 0.254 e. The number of carbonyl (C=O) groups is 1. The number of nitrogens with zero attached hydrogens (tertiary/aromatic N) is 1. The summed E-state index contributed by atoms with van der Waals surface area (Å²) in [4.78, 5) is 16.2. The monoisotopic (exact) mass is 291 g/mol. The highest BCUT2D eigenvalue weighted by Crippen LogP contribution is 2.13. The van der Waals surface area contributed by atoms with Crippen molar-refractivity contribution >= 4 is 11.6 Å². The van der Waals surface area contributed by atoms with E-state index in [4.69, 9.17) is 0 Å². The van der Waals surface area contributed by atoms with E-state index in [-0.39, 0.29) is 5.91 Å². The molecule has 0 radical (unpaired) electrons. The average Bonchev–Trinajstić information content (AvgIpc) is 2.46. The molecule has 0 aromatic carbocycles. The Morgan fingerprint density at radius 3 is 2.71 bits per heavy atom. The number of carbonyl (C=O) groups excluding carboxylic acids is 1. The second-order valence-electron chi connectivity index (χ2n) is 5.80. The largest absolute Gasteiger partial charge is 0.385 e. The minimum absolute atomic E-state index is 0.0405. The second kappa shape index (κ2) is 10.2. The lowest BCUT2D eigenvalue weighted by molar-refractivity contribution is 0.0953. The molecule has 0 spiro atoms. The van der Waals surface area contributed by atoms with Gasteiger partial charge in [0.2, 0.25) is 0 Å². The highest BCUT2D eigenvalue weighted by atomic mass is 16.1. The van der Waals surface area contributed by atoms with Crippen LogP contribution in [-0.4, -0.2) is 24.0 Å². The third-order valence-electron chi connectivity index (χ3n) is 3.43. The number of hydrogen-bond acceptors (Lipinski definition) is 3. The number of amides is 1. The van der Waals surface area contributed by atoms with Crippen LogP contribution in [0.3, 0.4) is 0 Å². The molecule has 21 heavy (non-hydrogen) atoms. The second-order valence-corrected chi connectivity index (χ2v) is 5.80. The lowest BCUT2D eigenvalue weighted by Gasteiger charge is -2.10. The summed E-state index contributed by atoms with van der Waals surface area (Å²) in [5, 5.41) is 6.16. The summed E-state index contributed by atoms with van der Waals surface area (Å²) in [6.07, 6.45) is 9.39. The quantitative estimate of drug-likeness (QED) is 0.644. The van der Waals surface area contributed by atoms with Crippen molar-refractivity contribution in [1.82, 2.24) is 10.3 Å². The van der Waals surface area contributed by atoms with E-state index in [9.17, 15) is 4.79 Å². The molecule has 1 amide bonds. The molecule has 0 aliphatic heterocycles. The van der Waals surface area contributed by atoms with Crippen molar-refractivity contribution in [1.29, 1.82) is 0 Å². The van der Waals surface area contributed by atoms with Crippen LogP contribution < -0.4 is 10.6 Å². The number of unbranched alkanes of at least 4 members (excludes halogenated alkanes) is 3. The van der Waals surface area contributed by atoms with Gasteiger partial charge < -0.3 is 10.6 Å². The molecule has 4 heteroatoms. The highest BCUT2D eigenvalue weighted by molar-refractivity contribution is 5.99. The fourth-order valence-electron chi connectivity index (χ4n) is 2.25. The van der Waals surface area contributed by atoms with E-state index in [0.717, 1.165) is 31.1 Å². The van der Waals surface area contributed by atoms with Crippen LogP contribution in [0.4, 0.5) is 5.69 Å². The van der Waals surface area contributed by atoms with Crippen molar-refractivity contribution in [3.63, 3.8) is 0 Å². The van der Waals surface area contributed by atoms with E-state index in [1.807, 2.05) is 13.0 Å². The Labute approximate surface area is 128 Å². The summed E-state index contributed by atoms with van der Waals surface area (Å²) in [7, 11) is 0. The van der Waals surface area contributed by atoms with Crippen LogP contribution in [-0.2, 0) is 0 Å². The molecule has 0 saturated heterocycles. The van der Waals surface area contributed by atoms with Crippen molar-refractivity contribution < 1.29 is 4.79 Å². The van der Waals surface area contributed by atoms with Gasteiger partial charge in [-0.3, -0.25) is 9.78 Å². The molecule has 1 rings (SSSR count). The molecule has 0 aliphatic rings. The van der Waals surface area contributed by atoms with E-state index in [0.29, 0.717) is 5.56 Å². The van der Waals surface area contributed by atoms with Gasteiger partial charge in [0.05, 0.1) is 11.3 Å². The van der Waals surface area contributed by atoms with Crippen LogP contribution in [0, 0.1) is 5.92 Å². The maximum atomic E-state index is 12.1. The summed E-state index contributed by atoms with van der Waals surface area (Å²) in [5.74, 6) is 0.751. The van der Waals surface area contributed by atoms with E-state index < -0.39 is 0 Å². The van der Waals surface area contributed by atoms with Crippen LogP contribution in [0.25, 0.3) is 0 Å². The fourth-order valence-corrected chi connectivity index (χ4v) is 2.25. The Morgan fingerprint density at radius 1 is 1.24 bits per heavy atom. The zero-order valence-corrected chi connectivity index (χ0v) is 13.6. The predicted molar refractivity (Wildman–Crippen MR) is 88.7 cm³/mol. The fraction of sp³-hybridized carbons (Fsp3) is 0.647. The van der Waals surface area contributed by atoms with Crippen LogP contribution in [0.5, 0.6) is 0 Å². The molecule has 0 saturated carbocycles. The molecular weight excluding hydrogens is 262 g/mol. The van der Waals surface area contributed by atoms with Crippen LogP contribution in [0.1, 0.15) is 63.2 Å². The lowest BCUT2D eigenvalue weighted by Crippen LogP contribution is -2.25. The summed E-state index contributed by atoms with van der Waals surface area (Å²) in [6, 6.07) is 1.84. The first kappa shape index (κ1) is 17.5. The van der Waals surface area contributed by atoms with Gasteiger partial charge in [-0.25, -0.2) is 0 Å². The maximum Gasteiger partial charge on any atom is 0.254 e. The third kappa shape index (κ3) is 7.11. The van der Waals surface area contributed by atoms with Crippen LogP contribution >= 0.6 is 0 Å². The van der Waals surface area contributed by atoms with Crippen molar-refractivity contribution in [2.45, 2.75) is 52.9 Å². The maximum absolute atomic E-state index is 12.1. The first-order valence-corrected chi connectivity index (χ1v) is 8.11. The third-order valence-corrected chi connectivity index (χ3v) is 3.43. The molecule has 1 heterocycles. The molecule has 2 N–H and O–H groups in total. The van der Waals surface area contributed by atoms with Crippen molar-refractivity contribution in [2.24, 2.45) is 5.92 Å². The molecule has 118 valence electrons. The minimum Gasteiger partial charge on any atom is -0.385 e. The molecule has 0 fully saturated rings. The average molecular weight is 291 g/mol. The van der Waals surface area contributed by atoms with Gasteiger partial charge in [0, 0.05) is 25.5 Å². The Bertz CT molecular complexity index is 418. The van der Waals surface area contributed by atoms with Gasteiger partial charge in [-0.1, -0.05) is 39.5 Å². The SMILES string of the molecule is CCNc1ccncc1C(=O)NCCCCCCC(C)C. The number of hydrogen-bond donors (Lipinski definition) is 2. The Kier molecular flexibility index (Phi) is 8.48. The summed E-state index contributed by atoms with van der Waals surface area (Å²) >= 11 is 0.